The van der Waals surface area contributed by atoms with Gasteiger partial charge in [-0.05, 0) is 43.4 Å². The molecule has 1 aliphatic rings. The minimum atomic E-state index is -0.108. The van der Waals surface area contributed by atoms with Gasteiger partial charge in [-0.1, -0.05) is 20.3 Å². The van der Waals surface area contributed by atoms with E-state index in [9.17, 15) is 5.11 Å². The van der Waals surface area contributed by atoms with Crippen molar-refractivity contribution in [2.75, 3.05) is 5.88 Å². The molecule has 0 aromatic carbocycles. The maximum Gasteiger partial charge on any atom is 0.0568 e. The second-order valence-corrected chi connectivity index (χ2v) is 5.30. The molecule has 0 spiro atoms. The van der Waals surface area contributed by atoms with Crippen LogP contribution in [0.1, 0.15) is 46.0 Å². The summed E-state index contributed by atoms with van der Waals surface area (Å²) in [6.45, 7) is 4.64. The van der Waals surface area contributed by atoms with Gasteiger partial charge in [0.2, 0.25) is 0 Å². The lowest BCUT2D eigenvalue weighted by Gasteiger charge is -2.34. The summed E-state index contributed by atoms with van der Waals surface area (Å²) in [5, 5.41) is 9.95. The van der Waals surface area contributed by atoms with Gasteiger partial charge in [-0.25, -0.2) is 0 Å². The smallest absolute Gasteiger partial charge is 0.0568 e. The lowest BCUT2D eigenvalue weighted by atomic mass is 9.73. The molecule has 1 saturated carbocycles. The highest BCUT2D eigenvalue weighted by Gasteiger charge is 2.28. The number of alkyl halides is 1. The number of aliphatic hydroxyl groups is 1. The summed E-state index contributed by atoms with van der Waals surface area (Å²) in [5.74, 6) is 2.82. The zero-order chi connectivity index (χ0) is 10.6. The average molecular weight is 219 g/mol. The Morgan fingerprint density at radius 2 is 2.00 bits per heavy atom. The molecule has 4 atom stereocenters. The first-order valence-electron chi connectivity index (χ1n) is 5.89. The third kappa shape index (κ3) is 3.43. The number of rotatable bonds is 4. The summed E-state index contributed by atoms with van der Waals surface area (Å²) >= 11 is 5.63. The molecule has 4 unspecified atom stereocenters. The van der Waals surface area contributed by atoms with Crippen molar-refractivity contribution in [1.29, 1.82) is 0 Å². The van der Waals surface area contributed by atoms with Crippen molar-refractivity contribution in [2.24, 2.45) is 17.8 Å². The molecular weight excluding hydrogens is 196 g/mol. The SMILES string of the molecule is CC1CCC(C(O)CCCCl)CC1C. The highest BCUT2D eigenvalue weighted by atomic mass is 35.5. The van der Waals surface area contributed by atoms with E-state index in [4.69, 9.17) is 11.6 Å². The summed E-state index contributed by atoms with van der Waals surface area (Å²) in [4.78, 5) is 0. The standard InChI is InChI=1S/C12H23ClO/c1-9-5-6-11(8-10(9)2)12(14)4-3-7-13/h9-12,14H,3-8H2,1-2H3. The molecule has 0 bridgehead atoms. The number of hydrogen-bond donors (Lipinski definition) is 1. The minimum Gasteiger partial charge on any atom is -0.393 e. The van der Waals surface area contributed by atoms with Gasteiger partial charge in [0.1, 0.15) is 0 Å². The van der Waals surface area contributed by atoms with Crippen molar-refractivity contribution in [1.82, 2.24) is 0 Å². The van der Waals surface area contributed by atoms with Crippen molar-refractivity contribution in [3.05, 3.63) is 0 Å². The van der Waals surface area contributed by atoms with E-state index >= 15 is 0 Å². The first-order chi connectivity index (χ1) is 6.65. The van der Waals surface area contributed by atoms with Gasteiger partial charge in [0.25, 0.3) is 0 Å². The van der Waals surface area contributed by atoms with Crippen molar-refractivity contribution >= 4 is 11.6 Å². The van der Waals surface area contributed by atoms with Gasteiger partial charge in [-0.3, -0.25) is 0 Å². The van der Waals surface area contributed by atoms with Crippen LogP contribution in [0.4, 0.5) is 0 Å². The molecule has 0 saturated heterocycles. The lowest BCUT2D eigenvalue weighted by Crippen LogP contribution is -2.29. The van der Waals surface area contributed by atoms with E-state index in [2.05, 4.69) is 13.8 Å². The molecule has 0 amide bonds. The van der Waals surface area contributed by atoms with E-state index in [-0.39, 0.29) is 6.10 Å². The zero-order valence-electron chi connectivity index (χ0n) is 9.38. The molecule has 0 aromatic rings. The molecule has 0 aromatic heterocycles. The van der Waals surface area contributed by atoms with Crippen LogP contribution in [0.25, 0.3) is 0 Å². The van der Waals surface area contributed by atoms with E-state index in [1.54, 1.807) is 0 Å². The summed E-state index contributed by atoms with van der Waals surface area (Å²) in [7, 11) is 0. The molecule has 0 aliphatic heterocycles. The summed E-state index contributed by atoms with van der Waals surface area (Å²) in [6.07, 6.45) is 5.41. The van der Waals surface area contributed by atoms with E-state index in [0.29, 0.717) is 11.8 Å². The molecule has 1 fully saturated rings. The van der Waals surface area contributed by atoms with Crippen LogP contribution in [0.3, 0.4) is 0 Å². The second kappa shape index (κ2) is 5.97. The summed E-state index contributed by atoms with van der Waals surface area (Å²) in [5.41, 5.74) is 0. The molecule has 1 nitrogen and oxygen atoms in total. The molecular formula is C12H23ClO. The zero-order valence-corrected chi connectivity index (χ0v) is 10.1. The van der Waals surface area contributed by atoms with Crippen LogP contribution in [0.5, 0.6) is 0 Å². The van der Waals surface area contributed by atoms with Crippen molar-refractivity contribution < 1.29 is 5.11 Å². The van der Waals surface area contributed by atoms with Crippen LogP contribution >= 0.6 is 11.6 Å². The normalized spacial score (nSPS) is 35.6. The number of aliphatic hydroxyl groups excluding tert-OH is 1. The van der Waals surface area contributed by atoms with Gasteiger partial charge in [0.15, 0.2) is 0 Å². The molecule has 0 heterocycles. The number of halogens is 1. The Morgan fingerprint density at radius 1 is 1.29 bits per heavy atom. The Kier molecular flexibility index (Phi) is 5.25. The third-order valence-electron chi connectivity index (χ3n) is 3.82. The Hall–Kier alpha value is 0.250. The quantitative estimate of drug-likeness (QED) is 0.717. The van der Waals surface area contributed by atoms with Gasteiger partial charge in [-0.2, -0.15) is 0 Å². The second-order valence-electron chi connectivity index (χ2n) is 4.93. The molecule has 1 N–H and O–H groups in total. The van der Waals surface area contributed by atoms with Crippen LogP contribution < -0.4 is 0 Å². The topological polar surface area (TPSA) is 20.2 Å². The Balaban J connectivity index is 2.30. The van der Waals surface area contributed by atoms with Gasteiger partial charge < -0.3 is 5.11 Å². The van der Waals surface area contributed by atoms with Crippen molar-refractivity contribution in [3.8, 4) is 0 Å². The minimum absolute atomic E-state index is 0.108. The summed E-state index contributed by atoms with van der Waals surface area (Å²) < 4.78 is 0. The first-order valence-corrected chi connectivity index (χ1v) is 6.42. The average Bonchev–Trinajstić information content (AvgIpc) is 2.18. The van der Waals surface area contributed by atoms with Gasteiger partial charge in [0.05, 0.1) is 6.10 Å². The maximum absolute atomic E-state index is 9.95. The largest absolute Gasteiger partial charge is 0.393 e. The molecule has 1 aliphatic carbocycles. The fraction of sp³-hybridized carbons (Fsp3) is 1.00. The third-order valence-corrected chi connectivity index (χ3v) is 4.08. The molecule has 1 rings (SSSR count). The fourth-order valence-electron chi connectivity index (χ4n) is 2.46. The predicted octanol–water partition coefficient (Wildman–Crippen LogP) is 3.44. The van der Waals surface area contributed by atoms with Gasteiger partial charge in [-0.15, -0.1) is 11.6 Å². The molecule has 0 radical (unpaired) electrons. The Morgan fingerprint density at radius 3 is 2.57 bits per heavy atom. The number of hydrogen-bond acceptors (Lipinski definition) is 1. The molecule has 84 valence electrons. The molecule has 2 heteroatoms. The molecule has 14 heavy (non-hydrogen) atoms. The van der Waals surface area contributed by atoms with Crippen molar-refractivity contribution in [2.45, 2.75) is 52.1 Å². The Bertz CT molecular complexity index is 160. The van der Waals surface area contributed by atoms with Crippen LogP contribution in [-0.2, 0) is 0 Å². The van der Waals surface area contributed by atoms with Gasteiger partial charge >= 0.3 is 0 Å². The van der Waals surface area contributed by atoms with Crippen LogP contribution in [0.2, 0.25) is 0 Å². The maximum atomic E-state index is 9.95. The van der Waals surface area contributed by atoms with E-state index in [1.165, 1.54) is 19.3 Å². The highest BCUT2D eigenvalue weighted by molar-refractivity contribution is 6.17. The van der Waals surface area contributed by atoms with Crippen LogP contribution in [0.15, 0.2) is 0 Å². The summed E-state index contributed by atoms with van der Waals surface area (Å²) in [6, 6.07) is 0. The van der Waals surface area contributed by atoms with Crippen molar-refractivity contribution in [3.63, 3.8) is 0 Å². The van der Waals surface area contributed by atoms with Crippen LogP contribution in [0, 0.1) is 17.8 Å². The highest BCUT2D eigenvalue weighted by Crippen LogP contribution is 2.35. The van der Waals surface area contributed by atoms with Gasteiger partial charge in [0, 0.05) is 5.88 Å². The van der Waals surface area contributed by atoms with E-state index in [0.717, 1.165) is 24.7 Å². The monoisotopic (exact) mass is 218 g/mol. The lowest BCUT2D eigenvalue weighted by molar-refractivity contribution is 0.0504. The fourth-order valence-corrected chi connectivity index (χ4v) is 2.61. The predicted molar refractivity (Wildman–Crippen MR) is 61.6 cm³/mol. The first kappa shape index (κ1) is 12.3. The Labute approximate surface area is 92.8 Å². The van der Waals surface area contributed by atoms with Crippen LogP contribution in [-0.4, -0.2) is 17.1 Å². The van der Waals surface area contributed by atoms with E-state index < -0.39 is 0 Å². The van der Waals surface area contributed by atoms with E-state index in [1.807, 2.05) is 0 Å².